The number of nitrogen functional groups attached to an aromatic ring is 1. The summed E-state index contributed by atoms with van der Waals surface area (Å²) in [5, 5.41) is 0. The first kappa shape index (κ1) is 20.9. The van der Waals surface area contributed by atoms with E-state index in [-0.39, 0.29) is 5.95 Å². The minimum atomic E-state index is 0.221. The van der Waals surface area contributed by atoms with Gasteiger partial charge >= 0.3 is 0 Å². The van der Waals surface area contributed by atoms with Crippen LogP contribution in [-0.4, -0.2) is 83.4 Å². The number of rotatable bonds is 7. The van der Waals surface area contributed by atoms with E-state index in [1.165, 1.54) is 0 Å². The fourth-order valence-electron chi connectivity index (χ4n) is 3.09. The summed E-state index contributed by atoms with van der Waals surface area (Å²) in [6, 6.07) is 3.84. The Morgan fingerprint density at radius 1 is 1.00 bits per heavy atom. The highest BCUT2D eigenvalue weighted by Gasteiger charge is 2.17. The molecule has 0 amide bonds. The van der Waals surface area contributed by atoms with Gasteiger partial charge in [0.25, 0.3) is 0 Å². The molecule has 0 aromatic carbocycles. The maximum atomic E-state index is 5.85. The van der Waals surface area contributed by atoms with Gasteiger partial charge in [0.15, 0.2) is 0 Å². The van der Waals surface area contributed by atoms with Crippen LogP contribution in [-0.2, 0) is 4.74 Å². The molecule has 1 aliphatic heterocycles. The summed E-state index contributed by atoms with van der Waals surface area (Å²) in [5.41, 5.74) is 8.71. The highest BCUT2D eigenvalue weighted by Crippen LogP contribution is 2.27. The smallest absolute Gasteiger partial charge is 0.226 e. The standard InChI is InChI=1S/C21H26N8O2/c1-28(2)3-8-31-17-9-15(11-23-14-17)18-10-19(16-12-24-20(22)25-13-16)27-21(26-18)29-4-6-30-7-5-29/h9-14H,3-8H2,1-2H3,(H2,22,24,25). The summed E-state index contributed by atoms with van der Waals surface area (Å²) in [6.07, 6.45) is 6.80. The first-order valence-corrected chi connectivity index (χ1v) is 10.1. The number of aromatic nitrogens is 5. The predicted molar refractivity (Wildman–Crippen MR) is 118 cm³/mol. The van der Waals surface area contributed by atoms with Crippen molar-refractivity contribution in [1.29, 1.82) is 0 Å². The van der Waals surface area contributed by atoms with Gasteiger partial charge in [-0.2, -0.15) is 0 Å². The van der Waals surface area contributed by atoms with E-state index in [1.807, 2.05) is 26.2 Å². The second-order valence-electron chi connectivity index (χ2n) is 7.43. The van der Waals surface area contributed by atoms with Crippen molar-refractivity contribution >= 4 is 11.9 Å². The third-order valence-electron chi connectivity index (χ3n) is 4.79. The van der Waals surface area contributed by atoms with Gasteiger partial charge in [0.05, 0.1) is 30.8 Å². The molecule has 31 heavy (non-hydrogen) atoms. The average Bonchev–Trinajstić information content (AvgIpc) is 2.80. The zero-order chi connectivity index (χ0) is 21.6. The molecule has 10 heteroatoms. The molecule has 0 atom stereocenters. The molecule has 162 valence electrons. The van der Waals surface area contributed by atoms with Crippen molar-refractivity contribution in [3.63, 3.8) is 0 Å². The summed E-state index contributed by atoms with van der Waals surface area (Å²) in [7, 11) is 4.02. The number of nitrogens with zero attached hydrogens (tertiary/aromatic N) is 7. The molecular weight excluding hydrogens is 396 g/mol. The van der Waals surface area contributed by atoms with E-state index in [1.54, 1.807) is 24.8 Å². The first-order chi connectivity index (χ1) is 15.1. The van der Waals surface area contributed by atoms with E-state index in [9.17, 15) is 0 Å². The van der Waals surface area contributed by atoms with Crippen LogP contribution >= 0.6 is 0 Å². The maximum Gasteiger partial charge on any atom is 0.226 e. The Labute approximate surface area is 181 Å². The number of nitrogens with two attached hydrogens (primary N) is 1. The van der Waals surface area contributed by atoms with Crippen molar-refractivity contribution in [2.24, 2.45) is 0 Å². The van der Waals surface area contributed by atoms with Gasteiger partial charge in [0.1, 0.15) is 12.4 Å². The van der Waals surface area contributed by atoms with Crippen LogP contribution < -0.4 is 15.4 Å². The van der Waals surface area contributed by atoms with Crippen LogP contribution in [0.5, 0.6) is 5.75 Å². The summed E-state index contributed by atoms with van der Waals surface area (Å²) < 4.78 is 11.3. The number of pyridine rings is 1. The lowest BCUT2D eigenvalue weighted by molar-refractivity contribution is 0.122. The molecule has 4 rings (SSSR count). The number of hydrogen-bond donors (Lipinski definition) is 1. The largest absolute Gasteiger partial charge is 0.491 e. The van der Waals surface area contributed by atoms with Crippen LogP contribution in [0.4, 0.5) is 11.9 Å². The van der Waals surface area contributed by atoms with Crippen LogP contribution in [0.2, 0.25) is 0 Å². The Bertz CT molecular complexity index is 1010. The van der Waals surface area contributed by atoms with Crippen LogP contribution in [0.1, 0.15) is 0 Å². The predicted octanol–water partition coefficient (Wildman–Crippen LogP) is 1.35. The topological polar surface area (TPSA) is 115 Å². The zero-order valence-corrected chi connectivity index (χ0v) is 17.7. The molecule has 3 aromatic heterocycles. The van der Waals surface area contributed by atoms with Crippen LogP contribution in [0, 0.1) is 0 Å². The fourth-order valence-corrected chi connectivity index (χ4v) is 3.09. The molecule has 10 nitrogen and oxygen atoms in total. The molecule has 1 fully saturated rings. The van der Waals surface area contributed by atoms with Crippen molar-refractivity contribution in [3.05, 3.63) is 36.9 Å². The highest BCUT2D eigenvalue weighted by atomic mass is 16.5. The Morgan fingerprint density at radius 2 is 1.71 bits per heavy atom. The van der Waals surface area contributed by atoms with Crippen molar-refractivity contribution < 1.29 is 9.47 Å². The van der Waals surface area contributed by atoms with E-state index in [2.05, 4.69) is 24.8 Å². The van der Waals surface area contributed by atoms with Crippen LogP contribution in [0.3, 0.4) is 0 Å². The minimum Gasteiger partial charge on any atom is -0.491 e. The number of morpholine rings is 1. The van der Waals surface area contributed by atoms with Gasteiger partial charge in [0, 0.05) is 49.4 Å². The van der Waals surface area contributed by atoms with Gasteiger partial charge in [0.2, 0.25) is 11.9 Å². The molecule has 0 saturated carbocycles. The Balaban J connectivity index is 1.69. The molecule has 0 bridgehead atoms. The maximum absolute atomic E-state index is 5.85. The number of likely N-dealkylation sites (N-methyl/N-ethyl adjacent to an activating group) is 1. The number of ether oxygens (including phenoxy) is 2. The van der Waals surface area contributed by atoms with Gasteiger partial charge in [-0.1, -0.05) is 0 Å². The third kappa shape index (κ3) is 5.41. The summed E-state index contributed by atoms with van der Waals surface area (Å²) in [5.74, 6) is 1.55. The molecule has 0 aliphatic carbocycles. The van der Waals surface area contributed by atoms with Crippen LogP contribution in [0.25, 0.3) is 22.5 Å². The lowest BCUT2D eigenvalue weighted by atomic mass is 10.1. The van der Waals surface area contributed by atoms with Gasteiger partial charge in [-0.15, -0.1) is 0 Å². The van der Waals surface area contributed by atoms with Crippen molar-refractivity contribution in [2.75, 3.05) is 64.2 Å². The molecule has 2 N–H and O–H groups in total. The van der Waals surface area contributed by atoms with Crippen molar-refractivity contribution in [1.82, 2.24) is 29.8 Å². The molecule has 4 heterocycles. The second-order valence-corrected chi connectivity index (χ2v) is 7.43. The normalized spacial score (nSPS) is 14.1. The molecule has 0 unspecified atom stereocenters. The van der Waals surface area contributed by atoms with E-state index < -0.39 is 0 Å². The van der Waals surface area contributed by atoms with Crippen LogP contribution in [0.15, 0.2) is 36.9 Å². The molecular formula is C21H26N8O2. The van der Waals surface area contributed by atoms with E-state index >= 15 is 0 Å². The van der Waals surface area contributed by atoms with E-state index in [0.29, 0.717) is 37.2 Å². The van der Waals surface area contributed by atoms with Gasteiger partial charge in [-0.3, -0.25) is 4.98 Å². The van der Waals surface area contributed by atoms with Crippen molar-refractivity contribution in [3.8, 4) is 28.3 Å². The second kappa shape index (κ2) is 9.63. The number of anilines is 2. The van der Waals surface area contributed by atoms with E-state index in [4.69, 9.17) is 25.2 Å². The van der Waals surface area contributed by atoms with Crippen molar-refractivity contribution in [2.45, 2.75) is 0 Å². The molecule has 1 aliphatic rings. The SMILES string of the molecule is CN(C)CCOc1cncc(-c2cc(-c3cnc(N)nc3)nc(N3CCOCC3)n2)c1. The van der Waals surface area contributed by atoms with E-state index in [0.717, 1.165) is 36.5 Å². The molecule has 0 radical (unpaired) electrons. The minimum absolute atomic E-state index is 0.221. The lowest BCUT2D eigenvalue weighted by Gasteiger charge is -2.27. The molecule has 0 spiro atoms. The Morgan fingerprint density at radius 3 is 2.42 bits per heavy atom. The zero-order valence-electron chi connectivity index (χ0n) is 17.7. The van der Waals surface area contributed by atoms with Gasteiger partial charge in [-0.05, 0) is 26.2 Å². The summed E-state index contributed by atoms with van der Waals surface area (Å²) >= 11 is 0. The lowest BCUT2D eigenvalue weighted by Crippen LogP contribution is -2.37. The molecule has 1 saturated heterocycles. The third-order valence-corrected chi connectivity index (χ3v) is 4.79. The van der Waals surface area contributed by atoms with Gasteiger partial charge in [-0.25, -0.2) is 19.9 Å². The summed E-state index contributed by atoms with van der Waals surface area (Å²) in [4.78, 5) is 26.3. The molecule has 3 aromatic rings. The Hall–Kier alpha value is -3.37. The Kier molecular flexibility index (Phi) is 6.48. The first-order valence-electron chi connectivity index (χ1n) is 10.1. The van der Waals surface area contributed by atoms with Gasteiger partial charge < -0.3 is 25.0 Å². The highest BCUT2D eigenvalue weighted by molar-refractivity contribution is 5.69. The summed E-state index contributed by atoms with van der Waals surface area (Å²) in [6.45, 7) is 4.14. The monoisotopic (exact) mass is 422 g/mol. The average molecular weight is 422 g/mol. The quantitative estimate of drug-likeness (QED) is 0.598. The number of hydrogen-bond acceptors (Lipinski definition) is 10. The fraction of sp³-hybridized carbons (Fsp3) is 0.381.